The molecule has 0 aliphatic heterocycles. The molecule has 6 nitrogen and oxygen atoms in total. The summed E-state index contributed by atoms with van der Waals surface area (Å²) in [5.41, 5.74) is 0.376. The van der Waals surface area contributed by atoms with Crippen molar-refractivity contribution < 1.29 is 29.4 Å². The average molecular weight is 294 g/mol. The van der Waals surface area contributed by atoms with Gasteiger partial charge >= 0.3 is 11.9 Å². The second-order valence-electron chi connectivity index (χ2n) is 4.87. The highest BCUT2D eigenvalue weighted by Crippen LogP contribution is 2.25. The maximum Gasteiger partial charge on any atom is 0.303 e. The molecule has 0 aromatic rings. The normalized spacial score (nSPS) is 16.6. The van der Waals surface area contributed by atoms with Crippen molar-refractivity contribution in [3.8, 4) is 0 Å². The summed E-state index contributed by atoms with van der Waals surface area (Å²) < 4.78 is 0. The molecule has 0 spiro atoms. The van der Waals surface area contributed by atoms with E-state index in [0.717, 1.165) is 0 Å². The van der Waals surface area contributed by atoms with Crippen molar-refractivity contribution in [2.24, 2.45) is 5.92 Å². The van der Waals surface area contributed by atoms with E-state index in [2.05, 4.69) is 0 Å². The Morgan fingerprint density at radius 2 is 1.48 bits per heavy atom. The zero-order valence-electron chi connectivity index (χ0n) is 11.6. The van der Waals surface area contributed by atoms with E-state index in [4.69, 9.17) is 10.2 Å². The number of carboxylic acids is 2. The Morgan fingerprint density at radius 3 is 2.05 bits per heavy atom. The zero-order valence-corrected chi connectivity index (χ0v) is 11.6. The van der Waals surface area contributed by atoms with E-state index < -0.39 is 17.9 Å². The van der Waals surface area contributed by atoms with E-state index in [1.54, 1.807) is 18.2 Å². The smallest absolute Gasteiger partial charge is 0.303 e. The number of rotatable bonds is 10. The van der Waals surface area contributed by atoms with Crippen LogP contribution < -0.4 is 0 Å². The van der Waals surface area contributed by atoms with Crippen LogP contribution in [0.25, 0.3) is 0 Å². The largest absolute Gasteiger partial charge is 0.481 e. The van der Waals surface area contributed by atoms with Crippen LogP contribution in [0.1, 0.15) is 38.5 Å². The molecular weight excluding hydrogens is 276 g/mol. The number of carboxylic acid groups (broad SMARTS) is 2. The summed E-state index contributed by atoms with van der Waals surface area (Å²) in [7, 11) is 0. The summed E-state index contributed by atoms with van der Waals surface area (Å²) in [6, 6.07) is 0. The first-order chi connectivity index (χ1) is 9.91. The fraction of sp³-hybridized carbons (Fsp3) is 0.467. The molecule has 1 unspecified atom stereocenters. The Labute approximate surface area is 122 Å². The Hall–Kier alpha value is -2.24. The van der Waals surface area contributed by atoms with Gasteiger partial charge in [-0.2, -0.15) is 0 Å². The Bertz CT molecular complexity index is 500. The molecule has 0 bridgehead atoms. The van der Waals surface area contributed by atoms with Crippen LogP contribution in [0.15, 0.2) is 23.8 Å². The summed E-state index contributed by atoms with van der Waals surface area (Å²) in [6.07, 6.45) is 5.36. The first-order valence-electron chi connectivity index (χ1n) is 6.79. The molecule has 21 heavy (non-hydrogen) atoms. The number of hydrogen-bond acceptors (Lipinski definition) is 4. The van der Waals surface area contributed by atoms with Crippen molar-refractivity contribution >= 4 is 23.5 Å². The van der Waals surface area contributed by atoms with Crippen LogP contribution in [0.4, 0.5) is 0 Å². The van der Waals surface area contributed by atoms with Gasteiger partial charge in [0.05, 0.1) is 5.92 Å². The lowest BCUT2D eigenvalue weighted by molar-refractivity contribution is -0.138. The summed E-state index contributed by atoms with van der Waals surface area (Å²) >= 11 is 0. The number of Topliss-reactive ketones (excluding diaryl/α,β-unsaturated/α-hetero) is 2. The fourth-order valence-electron chi connectivity index (χ4n) is 2.14. The van der Waals surface area contributed by atoms with Crippen LogP contribution in [0.5, 0.6) is 0 Å². The molecule has 1 aliphatic carbocycles. The molecular formula is C15H18O6. The van der Waals surface area contributed by atoms with Crippen molar-refractivity contribution in [2.45, 2.75) is 38.5 Å². The summed E-state index contributed by atoms with van der Waals surface area (Å²) in [6.45, 7) is 0. The highest BCUT2D eigenvalue weighted by Gasteiger charge is 2.26. The molecule has 0 radical (unpaired) electrons. The monoisotopic (exact) mass is 294 g/mol. The van der Waals surface area contributed by atoms with Crippen molar-refractivity contribution in [1.82, 2.24) is 0 Å². The number of allylic oxidation sites excluding steroid dienone is 4. The van der Waals surface area contributed by atoms with Gasteiger partial charge in [-0.25, -0.2) is 0 Å². The molecule has 0 saturated heterocycles. The van der Waals surface area contributed by atoms with Crippen molar-refractivity contribution in [2.75, 3.05) is 0 Å². The van der Waals surface area contributed by atoms with E-state index in [0.29, 0.717) is 5.57 Å². The maximum absolute atomic E-state index is 12.0. The molecule has 2 N–H and O–H groups in total. The molecule has 1 rings (SSSR count). The molecule has 114 valence electrons. The Balaban J connectivity index is 2.47. The van der Waals surface area contributed by atoms with Gasteiger partial charge < -0.3 is 10.2 Å². The van der Waals surface area contributed by atoms with Gasteiger partial charge in [-0.15, -0.1) is 0 Å². The quantitative estimate of drug-likeness (QED) is 0.635. The minimum absolute atomic E-state index is 0.0756. The number of carbonyl (C=O) groups excluding carboxylic acids is 2. The predicted molar refractivity (Wildman–Crippen MR) is 73.7 cm³/mol. The minimum atomic E-state index is -0.956. The van der Waals surface area contributed by atoms with Gasteiger partial charge in [-0.3, -0.25) is 19.2 Å². The van der Waals surface area contributed by atoms with Gasteiger partial charge in [0, 0.05) is 31.3 Å². The van der Waals surface area contributed by atoms with Gasteiger partial charge in [0.25, 0.3) is 0 Å². The van der Waals surface area contributed by atoms with Crippen molar-refractivity contribution in [3.05, 3.63) is 23.8 Å². The summed E-state index contributed by atoms with van der Waals surface area (Å²) in [4.78, 5) is 44.8. The first kappa shape index (κ1) is 16.8. The molecule has 0 fully saturated rings. The highest BCUT2D eigenvalue weighted by atomic mass is 16.4. The third kappa shape index (κ3) is 5.72. The van der Waals surface area contributed by atoms with Crippen LogP contribution in [0.2, 0.25) is 0 Å². The van der Waals surface area contributed by atoms with E-state index in [1.807, 2.05) is 0 Å². The topological polar surface area (TPSA) is 109 Å². The molecule has 0 saturated carbocycles. The number of ketones is 2. The van der Waals surface area contributed by atoms with Crippen LogP contribution in [0, 0.1) is 5.92 Å². The van der Waals surface area contributed by atoms with Crippen molar-refractivity contribution in [1.29, 1.82) is 0 Å². The molecule has 1 atom stereocenters. The second-order valence-corrected chi connectivity index (χ2v) is 4.87. The molecule has 0 amide bonds. The third-order valence-corrected chi connectivity index (χ3v) is 3.19. The van der Waals surface area contributed by atoms with E-state index in [-0.39, 0.29) is 50.1 Å². The molecule has 6 heteroatoms. The number of carbonyl (C=O) groups is 4. The molecule has 0 heterocycles. The van der Waals surface area contributed by atoms with Gasteiger partial charge in [-0.05, 0) is 12.8 Å². The third-order valence-electron chi connectivity index (χ3n) is 3.19. The van der Waals surface area contributed by atoms with Crippen LogP contribution >= 0.6 is 0 Å². The Morgan fingerprint density at radius 1 is 0.905 bits per heavy atom. The van der Waals surface area contributed by atoms with Gasteiger partial charge in [0.15, 0.2) is 5.78 Å². The summed E-state index contributed by atoms with van der Waals surface area (Å²) in [5.74, 6) is -2.93. The van der Waals surface area contributed by atoms with Gasteiger partial charge in [0.1, 0.15) is 5.78 Å². The van der Waals surface area contributed by atoms with Crippen molar-refractivity contribution in [3.63, 3.8) is 0 Å². The lowest BCUT2D eigenvalue weighted by atomic mass is 9.90. The average Bonchev–Trinajstić information content (AvgIpc) is 2.86. The highest BCUT2D eigenvalue weighted by molar-refractivity contribution is 6.04. The predicted octanol–water partition coefficient (Wildman–Crippen LogP) is 1.75. The molecule has 0 aromatic heterocycles. The first-order valence-corrected chi connectivity index (χ1v) is 6.79. The van der Waals surface area contributed by atoms with E-state index >= 15 is 0 Å². The van der Waals surface area contributed by atoms with E-state index in [1.165, 1.54) is 0 Å². The lowest BCUT2D eigenvalue weighted by Gasteiger charge is -2.11. The minimum Gasteiger partial charge on any atom is -0.481 e. The van der Waals surface area contributed by atoms with Crippen LogP contribution in [-0.2, 0) is 19.2 Å². The second kappa shape index (κ2) is 8.14. The van der Waals surface area contributed by atoms with Crippen LogP contribution in [-0.4, -0.2) is 33.7 Å². The number of aliphatic carboxylic acids is 2. The standard InChI is InChI=1S/C15H18O6/c16-12(6-2-8-14(18)19)10-4-1-5-11(10)13(17)7-3-9-15(20)21/h1,4-5,10H,2-3,6-9H2,(H,18,19)(H,20,21). The van der Waals surface area contributed by atoms with Gasteiger partial charge in [0.2, 0.25) is 0 Å². The van der Waals surface area contributed by atoms with Gasteiger partial charge in [-0.1, -0.05) is 18.2 Å². The lowest BCUT2D eigenvalue weighted by Crippen LogP contribution is -2.18. The fourth-order valence-corrected chi connectivity index (χ4v) is 2.14. The van der Waals surface area contributed by atoms with E-state index in [9.17, 15) is 19.2 Å². The Kier molecular flexibility index (Phi) is 6.52. The SMILES string of the molecule is O=C(O)CCCC(=O)C1=CC=CC1C(=O)CCCC(=O)O. The zero-order chi connectivity index (χ0) is 15.8. The summed E-state index contributed by atoms with van der Waals surface area (Å²) in [5, 5.41) is 17.1. The molecule has 0 aromatic carbocycles. The van der Waals surface area contributed by atoms with Crippen LogP contribution in [0.3, 0.4) is 0 Å². The molecule has 1 aliphatic rings. The number of hydrogen-bond donors (Lipinski definition) is 2. The maximum atomic E-state index is 12.0.